The van der Waals surface area contributed by atoms with Crippen molar-refractivity contribution in [2.45, 2.75) is 26.2 Å². The molecule has 0 aliphatic heterocycles. The fourth-order valence-electron chi connectivity index (χ4n) is 1.60. The van der Waals surface area contributed by atoms with E-state index in [2.05, 4.69) is 5.32 Å². The first-order valence-electron chi connectivity index (χ1n) is 5.32. The summed E-state index contributed by atoms with van der Waals surface area (Å²) in [5, 5.41) is 2.84. The summed E-state index contributed by atoms with van der Waals surface area (Å²) in [4.78, 5) is 11.7. The van der Waals surface area contributed by atoms with Crippen LogP contribution in [0.15, 0.2) is 24.3 Å². The Hall–Kier alpha value is -1.51. The second kappa shape index (κ2) is 5.39. The predicted molar refractivity (Wildman–Crippen MR) is 62.6 cm³/mol. The lowest BCUT2D eigenvalue weighted by Gasteiger charge is -2.14. The first-order valence-corrected chi connectivity index (χ1v) is 5.32. The quantitative estimate of drug-likeness (QED) is 0.739. The Balaban J connectivity index is 2.82. The third-order valence-electron chi connectivity index (χ3n) is 2.41. The van der Waals surface area contributed by atoms with Gasteiger partial charge in [-0.05, 0) is 31.0 Å². The summed E-state index contributed by atoms with van der Waals surface area (Å²) in [6, 6.07) is 7.49. The lowest BCUT2D eigenvalue weighted by atomic mass is 9.95. The van der Waals surface area contributed by atoms with Crippen molar-refractivity contribution in [1.82, 2.24) is 5.32 Å². The van der Waals surface area contributed by atoms with Gasteiger partial charge in [-0.2, -0.15) is 0 Å². The number of likely N-dealkylation sites (N-methyl/N-ethyl adjacent to an activating group) is 1. The van der Waals surface area contributed by atoms with E-state index < -0.39 is 0 Å². The molecule has 0 bridgehead atoms. The lowest BCUT2D eigenvalue weighted by Crippen LogP contribution is -2.28. The van der Waals surface area contributed by atoms with Crippen LogP contribution in [0, 0.1) is 0 Å². The zero-order chi connectivity index (χ0) is 11.3. The molecule has 0 aromatic heterocycles. The molecule has 3 N–H and O–H groups in total. The van der Waals surface area contributed by atoms with Crippen LogP contribution in [0.4, 0.5) is 5.69 Å². The minimum Gasteiger partial charge on any atom is -0.399 e. The normalized spacial score (nSPS) is 12.1. The first-order chi connectivity index (χ1) is 7.19. The summed E-state index contributed by atoms with van der Waals surface area (Å²) < 4.78 is 0. The molecule has 15 heavy (non-hydrogen) atoms. The molecule has 0 radical (unpaired) electrons. The maximum absolute atomic E-state index is 11.7. The Bertz CT molecular complexity index is 319. The van der Waals surface area contributed by atoms with Crippen LogP contribution in [0.1, 0.15) is 31.7 Å². The van der Waals surface area contributed by atoms with Gasteiger partial charge >= 0.3 is 0 Å². The number of amides is 1. The van der Waals surface area contributed by atoms with Gasteiger partial charge in [0.2, 0.25) is 5.91 Å². The van der Waals surface area contributed by atoms with Gasteiger partial charge in [-0.25, -0.2) is 0 Å². The van der Waals surface area contributed by atoms with Gasteiger partial charge in [0.05, 0.1) is 5.92 Å². The molecule has 1 rings (SSSR count). The molecule has 0 spiro atoms. The van der Waals surface area contributed by atoms with Crippen LogP contribution in [-0.2, 0) is 4.79 Å². The average molecular weight is 206 g/mol. The summed E-state index contributed by atoms with van der Waals surface area (Å²) >= 11 is 0. The zero-order valence-electron chi connectivity index (χ0n) is 9.29. The molecule has 1 aromatic rings. The number of nitrogen functional groups attached to an aromatic ring is 1. The standard InChI is InChI=1S/C12H18N2O/c1-3-11(12(15)14-4-2)9-5-7-10(13)8-6-9/h5-8,11H,3-4,13H2,1-2H3,(H,14,15). The average Bonchev–Trinajstić information content (AvgIpc) is 2.22. The van der Waals surface area contributed by atoms with E-state index in [0.29, 0.717) is 6.54 Å². The highest BCUT2D eigenvalue weighted by atomic mass is 16.1. The van der Waals surface area contributed by atoms with Crippen molar-refractivity contribution in [3.05, 3.63) is 29.8 Å². The van der Waals surface area contributed by atoms with Gasteiger partial charge in [-0.3, -0.25) is 4.79 Å². The van der Waals surface area contributed by atoms with Gasteiger partial charge in [0.25, 0.3) is 0 Å². The molecular weight excluding hydrogens is 188 g/mol. The number of hydrogen-bond acceptors (Lipinski definition) is 2. The fourth-order valence-corrected chi connectivity index (χ4v) is 1.60. The lowest BCUT2D eigenvalue weighted by molar-refractivity contribution is -0.122. The topological polar surface area (TPSA) is 55.1 Å². The monoisotopic (exact) mass is 206 g/mol. The number of anilines is 1. The fraction of sp³-hybridized carbons (Fsp3) is 0.417. The van der Waals surface area contributed by atoms with Gasteiger partial charge in [-0.1, -0.05) is 19.1 Å². The second-order valence-corrected chi connectivity index (χ2v) is 3.52. The molecule has 1 amide bonds. The van der Waals surface area contributed by atoms with Gasteiger partial charge in [0.15, 0.2) is 0 Å². The number of carbonyl (C=O) groups is 1. The summed E-state index contributed by atoms with van der Waals surface area (Å²) in [6.45, 7) is 4.61. The van der Waals surface area contributed by atoms with Gasteiger partial charge in [0.1, 0.15) is 0 Å². The van der Waals surface area contributed by atoms with Gasteiger partial charge in [0, 0.05) is 12.2 Å². The maximum atomic E-state index is 11.7. The van der Waals surface area contributed by atoms with Crippen molar-refractivity contribution in [3.8, 4) is 0 Å². The van der Waals surface area contributed by atoms with Gasteiger partial charge < -0.3 is 11.1 Å². The van der Waals surface area contributed by atoms with Crippen LogP contribution in [0.2, 0.25) is 0 Å². The largest absolute Gasteiger partial charge is 0.399 e. The molecule has 3 nitrogen and oxygen atoms in total. The number of nitrogens with one attached hydrogen (secondary N) is 1. The van der Waals surface area contributed by atoms with Crippen LogP contribution in [-0.4, -0.2) is 12.5 Å². The zero-order valence-corrected chi connectivity index (χ0v) is 9.29. The van der Waals surface area contributed by atoms with E-state index in [-0.39, 0.29) is 11.8 Å². The summed E-state index contributed by atoms with van der Waals surface area (Å²) in [7, 11) is 0. The predicted octanol–water partition coefficient (Wildman–Crippen LogP) is 1.90. The van der Waals surface area contributed by atoms with Crippen molar-refractivity contribution < 1.29 is 4.79 Å². The van der Waals surface area contributed by atoms with Crippen LogP contribution >= 0.6 is 0 Å². The van der Waals surface area contributed by atoms with Crippen LogP contribution in [0.5, 0.6) is 0 Å². The third kappa shape index (κ3) is 2.98. The Kier molecular flexibility index (Phi) is 4.16. The van der Waals surface area contributed by atoms with E-state index in [0.717, 1.165) is 17.7 Å². The van der Waals surface area contributed by atoms with Crippen LogP contribution in [0.3, 0.4) is 0 Å². The summed E-state index contributed by atoms with van der Waals surface area (Å²) in [5.74, 6) is 0.0234. The SMILES string of the molecule is CCNC(=O)C(CC)c1ccc(N)cc1. The smallest absolute Gasteiger partial charge is 0.227 e. The van der Waals surface area contributed by atoms with Crippen molar-refractivity contribution in [1.29, 1.82) is 0 Å². The minimum atomic E-state index is -0.0643. The number of benzene rings is 1. The molecule has 0 heterocycles. The molecule has 1 atom stereocenters. The Morgan fingerprint density at radius 2 is 1.93 bits per heavy atom. The van der Waals surface area contributed by atoms with E-state index in [9.17, 15) is 4.79 Å². The highest BCUT2D eigenvalue weighted by Crippen LogP contribution is 2.20. The van der Waals surface area contributed by atoms with Crippen LogP contribution < -0.4 is 11.1 Å². The molecule has 0 aliphatic rings. The van der Waals surface area contributed by atoms with Crippen molar-refractivity contribution in [3.63, 3.8) is 0 Å². The van der Waals surface area contributed by atoms with Gasteiger partial charge in [-0.15, -0.1) is 0 Å². The van der Waals surface area contributed by atoms with E-state index in [1.807, 2.05) is 38.1 Å². The molecule has 82 valence electrons. The number of hydrogen-bond donors (Lipinski definition) is 2. The molecule has 1 aromatic carbocycles. The Labute approximate surface area is 90.7 Å². The summed E-state index contributed by atoms with van der Waals surface area (Å²) in [6.07, 6.45) is 0.801. The molecule has 0 fully saturated rings. The maximum Gasteiger partial charge on any atom is 0.227 e. The van der Waals surface area contributed by atoms with Crippen molar-refractivity contribution in [2.75, 3.05) is 12.3 Å². The third-order valence-corrected chi connectivity index (χ3v) is 2.41. The molecule has 1 unspecified atom stereocenters. The first kappa shape index (κ1) is 11.6. The summed E-state index contributed by atoms with van der Waals surface area (Å²) in [5.41, 5.74) is 7.35. The molecule has 0 aliphatic carbocycles. The van der Waals surface area contributed by atoms with E-state index >= 15 is 0 Å². The van der Waals surface area contributed by atoms with E-state index in [4.69, 9.17) is 5.73 Å². The van der Waals surface area contributed by atoms with Crippen molar-refractivity contribution in [2.24, 2.45) is 0 Å². The molecule has 0 saturated heterocycles. The Morgan fingerprint density at radius 3 is 2.40 bits per heavy atom. The van der Waals surface area contributed by atoms with Crippen molar-refractivity contribution >= 4 is 11.6 Å². The number of carbonyl (C=O) groups excluding carboxylic acids is 1. The molecule has 0 saturated carbocycles. The second-order valence-electron chi connectivity index (χ2n) is 3.52. The minimum absolute atomic E-state index is 0.0643. The highest BCUT2D eigenvalue weighted by molar-refractivity contribution is 5.83. The highest BCUT2D eigenvalue weighted by Gasteiger charge is 2.17. The van der Waals surface area contributed by atoms with E-state index in [1.165, 1.54) is 0 Å². The van der Waals surface area contributed by atoms with E-state index in [1.54, 1.807) is 0 Å². The molecule has 3 heteroatoms. The van der Waals surface area contributed by atoms with Crippen LogP contribution in [0.25, 0.3) is 0 Å². The number of rotatable bonds is 4. The number of nitrogens with two attached hydrogens (primary N) is 1. The molecular formula is C12H18N2O. The Morgan fingerprint density at radius 1 is 1.33 bits per heavy atom.